The van der Waals surface area contributed by atoms with E-state index in [1.165, 1.54) is 0 Å². The van der Waals surface area contributed by atoms with Gasteiger partial charge in [-0.15, -0.1) is 24.2 Å². The van der Waals surface area contributed by atoms with Crippen LogP contribution in [0.2, 0.25) is 0 Å². The van der Waals surface area contributed by atoms with Gasteiger partial charge in [0, 0.05) is 30.3 Å². The van der Waals surface area contributed by atoms with Crippen molar-refractivity contribution in [3.05, 3.63) is 60.2 Å². The quantitative estimate of drug-likeness (QED) is 0.527. The normalized spacial score (nSPS) is 15.2. The molecule has 1 unspecified atom stereocenters. The Balaban J connectivity index is 0.00000300. The van der Waals surface area contributed by atoms with Crippen LogP contribution in [-0.2, 0) is 16.1 Å². The highest BCUT2D eigenvalue weighted by Crippen LogP contribution is 2.13. The molecule has 3 rings (SSSR count). The van der Waals surface area contributed by atoms with E-state index in [1.54, 1.807) is 11.8 Å². The van der Waals surface area contributed by atoms with Crippen molar-refractivity contribution in [3.63, 3.8) is 0 Å². The van der Waals surface area contributed by atoms with Crippen molar-refractivity contribution in [3.8, 4) is 5.75 Å². The summed E-state index contributed by atoms with van der Waals surface area (Å²) in [6.07, 6.45) is 1.05. The number of amides is 2. The van der Waals surface area contributed by atoms with Crippen molar-refractivity contribution in [2.75, 3.05) is 23.6 Å². The van der Waals surface area contributed by atoms with Crippen LogP contribution in [-0.4, -0.2) is 36.1 Å². The molecule has 6 nitrogen and oxygen atoms in total. The van der Waals surface area contributed by atoms with Gasteiger partial charge >= 0.3 is 0 Å². The minimum Gasteiger partial charge on any atom is -0.494 e. The van der Waals surface area contributed by atoms with E-state index in [1.807, 2.05) is 54.6 Å². The van der Waals surface area contributed by atoms with Gasteiger partial charge in [0.15, 0.2) is 0 Å². The maximum Gasteiger partial charge on any atom is 0.238 e. The fourth-order valence-electron chi connectivity index (χ4n) is 2.74. The largest absolute Gasteiger partial charge is 0.494 e. The number of rotatable bonds is 9. The summed E-state index contributed by atoms with van der Waals surface area (Å²) in [5, 5.41) is 8.96. The Morgan fingerprint density at radius 2 is 1.86 bits per heavy atom. The van der Waals surface area contributed by atoms with E-state index in [2.05, 4.69) is 16.0 Å². The van der Waals surface area contributed by atoms with Crippen LogP contribution in [0.5, 0.6) is 5.75 Å². The van der Waals surface area contributed by atoms with Crippen LogP contribution in [0.15, 0.2) is 54.6 Å². The molecular formula is C21H26ClN3O3S. The second kappa shape index (κ2) is 12.4. The highest BCUT2D eigenvalue weighted by atomic mass is 35.5. The van der Waals surface area contributed by atoms with Crippen LogP contribution in [0.25, 0.3) is 0 Å². The average molecular weight is 436 g/mol. The van der Waals surface area contributed by atoms with Crippen molar-refractivity contribution in [1.29, 1.82) is 0 Å². The maximum atomic E-state index is 12.0. The number of nitrogens with one attached hydrogen (secondary N) is 3. The van der Waals surface area contributed by atoms with E-state index in [-0.39, 0.29) is 30.3 Å². The molecule has 29 heavy (non-hydrogen) atoms. The average Bonchev–Trinajstić information content (AvgIpc) is 3.26. The molecule has 0 bridgehead atoms. The zero-order valence-corrected chi connectivity index (χ0v) is 17.7. The van der Waals surface area contributed by atoms with Crippen LogP contribution < -0.4 is 20.7 Å². The Morgan fingerprint density at radius 1 is 1.10 bits per heavy atom. The van der Waals surface area contributed by atoms with Crippen molar-refractivity contribution in [2.45, 2.75) is 25.4 Å². The number of thioether (sulfide) groups is 1. The number of anilines is 1. The Bertz CT molecular complexity index is 769. The first-order chi connectivity index (χ1) is 13.7. The smallest absolute Gasteiger partial charge is 0.238 e. The molecule has 8 heteroatoms. The number of carbonyl (C=O) groups excluding carboxylic acids is 2. The van der Waals surface area contributed by atoms with E-state index >= 15 is 0 Å². The van der Waals surface area contributed by atoms with Gasteiger partial charge < -0.3 is 15.4 Å². The van der Waals surface area contributed by atoms with Gasteiger partial charge in [-0.2, -0.15) is 0 Å². The van der Waals surface area contributed by atoms with Gasteiger partial charge in [0.2, 0.25) is 11.8 Å². The summed E-state index contributed by atoms with van der Waals surface area (Å²) in [5.41, 5.74) is 1.74. The highest BCUT2D eigenvalue weighted by Gasteiger charge is 2.21. The van der Waals surface area contributed by atoms with Gasteiger partial charge in [0.1, 0.15) is 5.75 Å². The van der Waals surface area contributed by atoms with E-state index in [9.17, 15) is 9.59 Å². The van der Waals surface area contributed by atoms with Crippen molar-refractivity contribution < 1.29 is 14.3 Å². The van der Waals surface area contributed by atoms with Gasteiger partial charge in [-0.25, -0.2) is 0 Å². The number of para-hydroxylation sites is 1. The lowest BCUT2D eigenvalue weighted by molar-refractivity contribution is -0.122. The van der Waals surface area contributed by atoms with Gasteiger partial charge in [0.25, 0.3) is 0 Å². The molecule has 1 aliphatic heterocycles. The van der Waals surface area contributed by atoms with Crippen molar-refractivity contribution >= 4 is 41.7 Å². The van der Waals surface area contributed by atoms with Crippen molar-refractivity contribution in [1.82, 2.24) is 10.6 Å². The Labute approximate surface area is 181 Å². The fourth-order valence-corrected chi connectivity index (χ4v) is 3.69. The number of carbonyl (C=O) groups is 2. The Hall–Kier alpha value is -2.22. The molecule has 1 atom stereocenters. The van der Waals surface area contributed by atoms with Crippen molar-refractivity contribution in [2.24, 2.45) is 0 Å². The van der Waals surface area contributed by atoms with E-state index in [0.29, 0.717) is 26.0 Å². The molecule has 0 saturated carbocycles. The Kier molecular flexibility index (Phi) is 9.83. The van der Waals surface area contributed by atoms with Gasteiger partial charge in [-0.05, 0) is 36.2 Å². The molecule has 2 amide bonds. The third kappa shape index (κ3) is 7.97. The standard InChI is InChI=1S/C21H25N3O3S.ClH/c25-20(7-4-12-27-18-5-2-1-3-6-18)24-17-10-8-16(9-11-17)13-22-21(26)19-14-28-15-23-19;/h1-3,5-6,8-11,19,23H,4,7,12-15H2,(H,22,26)(H,24,25);1H. The maximum absolute atomic E-state index is 12.0. The van der Waals surface area contributed by atoms with Crippen LogP contribution in [0, 0.1) is 0 Å². The molecule has 0 aliphatic carbocycles. The number of hydrogen-bond donors (Lipinski definition) is 3. The molecule has 0 spiro atoms. The number of hydrogen-bond acceptors (Lipinski definition) is 5. The molecule has 156 valence electrons. The minimum absolute atomic E-state index is 0. The van der Waals surface area contributed by atoms with E-state index in [0.717, 1.165) is 28.6 Å². The minimum atomic E-state index is -0.102. The molecule has 2 aromatic rings. The van der Waals surface area contributed by atoms with Crippen LogP contribution >= 0.6 is 24.2 Å². The highest BCUT2D eigenvalue weighted by molar-refractivity contribution is 7.99. The third-order valence-electron chi connectivity index (χ3n) is 4.30. The zero-order chi connectivity index (χ0) is 19.6. The fraction of sp³-hybridized carbons (Fsp3) is 0.333. The summed E-state index contributed by atoms with van der Waals surface area (Å²) in [4.78, 5) is 24.0. The summed E-state index contributed by atoms with van der Waals surface area (Å²) in [6, 6.07) is 17.0. The number of ether oxygens (including phenoxy) is 1. The molecule has 0 aromatic heterocycles. The predicted octanol–water partition coefficient (Wildman–Crippen LogP) is 3.18. The summed E-state index contributed by atoms with van der Waals surface area (Å²) in [7, 11) is 0. The lowest BCUT2D eigenvalue weighted by Gasteiger charge is -2.11. The second-order valence-electron chi connectivity index (χ2n) is 6.50. The summed E-state index contributed by atoms with van der Waals surface area (Å²) in [6.45, 7) is 0.983. The summed E-state index contributed by atoms with van der Waals surface area (Å²) in [5.74, 6) is 2.44. The monoisotopic (exact) mass is 435 g/mol. The third-order valence-corrected chi connectivity index (χ3v) is 5.24. The molecule has 1 aliphatic rings. The molecule has 1 saturated heterocycles. The van der Waals surface area contributed by atoms with Crippen LogP contribution in [0.3, 0.4) is 0 Å². The first kappa shape index (κ1) is 23.1. The second-order valence-corrected chi connectivity index (χ2v) is 7.53. The molecule has 0 radical (unpaired) electrons. The summed E-state index contributed by atoms with van der Waals surface area (Å²) < 4.78 is 5.59. The molecule has 2 aromatic carbocycles. The molecule has 1 fully saturated rings. The van der Waals surface area contributed by atoms with Gasteiger partial charge in [-0.1, -0.05) is 30.3 Å². The lowest BCUT2D eigenvalue weighted by atomic mass is 10.2. The Morgan fingerprint density at radius 3 is 2.55 bits per heavy atom. The topological polar surface area (TPSA) is 79.5 Å². The first-order valence-electron chi connectivity index (χ1n) is 9.36. The number of halogens is 1. The molecular weight excluding hydrogens is 410 g/mol. The van der Waals surface area contributed by atoms with Gasteiger partial charge in [0.05, 0.1) is 12.6 Å². The lowest BCUT2D eigenvalue weighted by Crippen LogP contribution is -2.41. The first-order valence-corrected chi connectivity index (χ1v) is 10.5. The van der Waals surface area contributed by atoms with Crippen LogP contribution in [0.1, 0.15) is 18.4 Å². The van der Waals surface area contributed by atoms with E-state index in [4.69, 9.17) is 4.74 Å². The zero-order valence-electron chi connectivity index (χ0n) is 16.1. The molecule has 1 heterocycles. The van der Waals surface area contributed by atoms with Crippen LogP contribution in [0.4, 0.5) is 5.69 Å². The predicted molar refractivity (Wildman–Crippen MR) is 120 cm³/mol. The SMILES string of the molecule is Cl.O=C(CCCOc1ccccc1)Nc1ccc(CNC(=O)C2CSCN2)cc1. The number of benzene rings is 2. The van der Waals surface area contributed by atoms with E-state index < -0.39 is 0 Å². The van der Waals surface area contributed by atoms with Gasteiger partial charge in [-0.3, -0.25) is 14.9 Å². The molecule has 3 N–H and O–H groups in total. The summed E-state index contributed by atoms with van der Waals surface area (Å²) >= 11 is 1.73.